The molecule has 4 rings (SSSR count). The molecule has 0 saturated heterocycles. The number of carbonyl (C=O) groups is 1. The molecule has 0 aliphatic heterocycles. The van der Waals surface area contributed by atoms with Crippen molar-refractivity contribution in [1.29, 1.82) is 0 Å². The van der Waals surface area contributed by atoms with E-state index in [0.29, 0.717) is 25.7 Å². The van der Waals surface area contributed by atoms with Gasteiger partial charge >= 0.3 is 27.3 Å². The Balaban J connectivity index is 1.78. The number of alkyl halides is 4. The first-order valence-corrected chi connectivity index (χ1v) is 9.26. The molecule has 0 radical (unpaired) electrons. The number of halogens is 4. The number of aliphatic hydroxyl groups is 1. The van der Waals surface area contributed by atoms with Crippen LogP contribution >= 0.6 is 0 Å². The lowest BCUT2D eigenvalue weighted by molar-refractivity contribution is -0.223. The summed E-state index contributed by atoms with van der Waals surface area (Å²) < 4.78 is 86.8. The van der Waals surface area contributed by atoms with Gasteiger partial charge in [0.25, 0.3) is 0 Å². The zero-order valence-corrected chi connectivity index (χ0v) is 13.9. The van der Waals surface area contributed by atoms with Crippen molar-refractivity contribution in [2.45, 2.75) is 55.3 Å². The third-order valence-corrected chi connectivity index (χ3v) is 6.75. The molecule has 0 aromatic carbocycles. The van der Waals surface area contributed by atoms with Gasteiger partial charge < -0.3 is 9.84 Å². The maximum atomic E-state index is 13.9. The van der Waals surface area contributed by atoms with Crippen molar-refractivity contribution in [3.8, 4) is 0 Å². The number of ether oxygens (including phenoxy) is 1. The quantitative estimate of drug-likeness (QED) is 0.433. The Hall–Kier alpha value is -0.940. The first kappa shape index (κ1) is 18.8. The van der Waals surface area contributed by atoms with Crippen molar-refractivity contribution >= 4 is 16.1 Å². The maximum Gasteiger partial charge on any atom is 0.451 e. The van der Waals surface area contributed by atoms with Gasteiger partial charge in [0.1, 0.15) is 0 Å². The lowest BCUT2D eigenvalue weighted by Gasteiger charge is -2.59. The molecule has 11 heteroatoms. The van der Waals surface area contributed by atoms with Gasteiger partial charge in [-0.2, -0.15) is 21.6 Å². The highest BCUT2D eigenvalue weighted by Gasteiger charge is 2.73. The Labute approximate surface area is 141 Å². The summed E-state index contributed by atoms with van der Waals surface area (Å²) in [5.74, 6) is -2.42. The van der Waals surface area contributed by atoms with E-state index in [4.69, 9.17) is 4.55 Å². The first-order chi connectivity index (χ1) is 11.2. The summed E-state index contributed by atoms with van der Waals surface area (Å²) in [6, 6.07) is 0. The van der Waals surface area contributed by atoms with Gasteiger partial charge in [-0.15, -0.1) is 0 Å². The van der Waals surface area contributed by atoms with Crippen LogP contribution in [0.1, 0.15) is 38.5 Å². The minimum atomic E-state index is -6.43. The van der Waals surface area contributed by atoms with Crippen LogP contribution in [0.2, 0.25) is 0 Å². The van der Waals surface area contributed by atoms with Crippen LogP contribution < -0.4 is 0 Å². The summed E-state index contributed by atoms with van der Waals surface area (Å²) in [5.41, 5.74) is -1.77. The highest BCUT2D eigenvalue weighted by Crippen LogP contribution is 2.61. The third-order valence-electron chi connectivity index (χ3n) is 5.64. The lowest BCUT2D eigenvalue weighted by Crippen LogP contribution is -2.59. The molecule has 3 unspecified atom stereocenters. The molecule has 4 aliphatic carbocycles. The minimum absolute atomic E-state index is 0.143. The fourth-order valence-electron chi connectivity index (χ4n) is 5.25. The van der Waals surface area contributed by atoms with Gasteiger partial charge in [0.05, 0.1) is 12.2 Å². The van der Waals surface area contributed by atoms with Gasteiger partial charge in [0.2, 0.25) is 0 Å². The van der Waals surface area contributed by atoms with Gasteiger partial charge in [0.15, 0.2) is 0 Å². The van der Waals surface area contributed by atoms with Crippen molar-refractivity contribution in [3.63, 3.8) is 0 Å². The second kappa shape index (κ2) is 5.29. The van der Waals surface area contributed by atoms with E-state index in [0.717, 1.165) is 6.42 Å². The normalized spacial score (nSPS) is 39.9. The summed E-state index contributed by atoms with van der Waals surface area (Å²) in [7, 11) is -6.43. The van der Waals surface area contributed by atoms with E-state index >= 15 is 0 Å². The van der Waals surface area contributed by atoms with Crippen molar-refractivity contribution in [3.05, 3.63) is 0 Å². The monoisotopic (exact) mass is 390 g/mol. The number of esters is 1. The molecular formula is C14H18F4O6S. The highest BCUT2D eigenvalue weighted by molar-refractivity contribution is 7.88. The van der Waals surface area contributed by atoms with Crippen LogP contribution in [0.4, 0.5) is 17.6 Å². The molecule has 2 N–H and O–H groups in total. The predicted molar refractivity (Wildman–Crippen MR) is 74.5 cm³/mol. The molecule has 0 heterocycles. The van der Waals surface area contributed by atoms with Crippen LogP contribution in [0.15, 0.2) is 0 Å². The Morgan fingerprint density at radius 1 is 1.12 bits per heavy atom. The van der Waals surface area contributed by atoms with E-state index in [1.54, 1.807) is 0 Å². The topological polar surface area (TPSA) is 101 Å². The zero-order chi connectivity index (χ0) is 18.9. The number of hydrogen-bond donors (Lipinski definition) is 2. The molecule has 4 bridgehead atoms. The summed E-state index contributed by atoms with van der Waals surface area (Å²) in [6.45, 7) is -0.627. The largest absolute Gasteiger partial charge is 0.462 e. The molecule has 4 aliphatic rings. The summed E-state index contributed by atoms with van der Waals surface area (Å²) >= 11 is 0. The Morgan fingerprint density at radius 3 is 2.04 bits per heavy atom. The number of hydrogen-bond acceptors (Lipinski definition) is 5. The van der Waals surface area contributed by atoms with Crippen LogP contribution in [0, 0.1) is 17.3 Å². The Kier molecular flexibility index (Phi) is 3.99. The van der Waals surface area contributed by atoms with Gasteiger partial charge in [-0.3, -0.25) is 4.55 Å². The van der Waals surface area contributed by atoms with E-state index < -0.39 is 44.9 Å². The average molecular weight is 390 g/mol. The number of carbonyl (C=O) groups excluding carboxylic acids is 1. The van der Waals surface area contributed by atoms with Crippen LogP contribution in [0.5, 0.6) is 0 Å². The second-order valence-corrected chi connectivity index (χ2v) is 9.34. The van der Waals surface area contributed by atoms with Crippen LogP contribution in [-0.2, 0) is 19.6 Å². The van der Waals surface area contributed by atoms with Gasteiger partial charge in [-0.25, -0.2) is 9.18 Å². The van der Waals surface area contributed by atoms with Crippen molar-refractivity contribution in [1.82, 2.24) is 0 Å². The van der Waals surface area contributed by atoms with E-state index in [2.05, 4.69) is 4.74 Å². The minimum Gasteiger partial charge on any atom is -0.462 e. The molecular weight excluding hydrogens is 372 g/mol. The van der Waals surface area contributed by atoms with Crippen molar-refractivity contribution in [2.24, 2.45) is 17.3 Å². The van der Waals surface area contributed by atoms with E-state index in [1.165, 1.54) is 0 Å². The van der Waals surface area contributed by atoms with Crippen LogP contribution in [0.3, 0.4) is 0 Å². The standard InChI is InChI=1S/C14H18F4O6S/c15-13(14(16,17)18,25(21,22)23)10(19)24-7-11-2-8-1-9(3-11)5-12(20,4-8)6-11/h8-9,20H,1-7H2,(H,21,22,23). The molecule has 4 saturated carbocycles. The van der Waals surface area contributed by atoms with Gasteiger partial charge in [-0.1, -0.05) is 0 Å². The Bertz CT molecular complexity index is 676. The molecule has 0 aromatic rings. The third kappa shape index (κ3) is 2.93. The molecule has 6 nitrogen and oxygen atoms in total. The molecule has 0 spiro atoms. The fraction of sp³-hybridized carbons (Fsp3) is 0.929. The van der Waals surface area contributed by atoms with E-state index in [1.807, 2.05) is 0 Å². The van der Waals surface area contributed by atoms with E-state index in [9.17, 15) is 35.9 Å². The molecule has 25 heavy (non-hydrogen) atoms. The zero-order valence-electron chi connectivity index (χ0n) is 13.1. The second-order valence-electron chi connectivity index (χ2n) is 7.83. The SMILES string of the molecule is O=C(OCC12CC3CC(CC(O)(C3)C1)C2)C(F)(C(F)(F)F)S(=O)(=O)O. The maximum absolute atomic E-state index is 13.9. The number of rotatable bonds is 4. The fourth-order valence-corrected chi connectivity index (χ4v) is 5.81. The molecule has 0 aromatic heterocycles. The summed E-state index contributed by atoms with van der Waals surface area (Å²) in [4.78, 5) is 11.6. The van der Waals surface area contributed by atoms with Crippen LogP contribution in [0.25, 0.3) is 0 Å². The Morgan fingerprint density at radius 2 is 1.64 bits per heavy atom. The van der Waals surface area contributed by atoms with Crippen LogP contribution in [-0.4, -0.2) is 47.4 Å². The highest BCUT2D eigenvalue weighted by atomic mass is 32.2. The first-order valence-electron chi connectivity index (χ1n) is 7.82. The molecule has 0 amide bonds. The average Bonchev–Trinajstić information content (AvgIpc) is 2.38. The predicted octanol–water partition coefficient (Wildman–Crippen LogP) is 1.98. The molecule has 144 valence electrons. The van der Waals surface area contributed by atoms with Crippen molar-refractivity contribution in [2.75, 3.05) is 6.61 Å². The summed E-state index contributed by atoms with van der Waals surface area (Å²) in [6.07, 6.45) is -2.94. The van der Waals surface area contributed by atoms with E-state index in [-0.39, 0.29) is 18.3 Å². The van der Waals surface area contributed by atoms with Crippen molar-refractivity contribution < 1.29 is 45.2 Å². The van der Waals surface area contributed by atoms with Gasteiger partial charge in [0, 0.05) is 5.41 Å². The van der Waals surface area contributed by atoms with Gasteiger partial charge in [-0.05, 0) is 50.4 Å². The lowest BCUT2D eigenvalue weighted by atomic mass is 9.48. The molecule has 3 atom stereocenters. The summed E-state index contributed by atoms with van der Waals surface area (Å²) in [5, 5.41) is 4.99. The molecule has 4 fully saturated rings. The smallest absolute Gasteiger partial charge is 0.451 e.